The minimum absolute atomic E-state index is 0.0447. The fourth-order valence-corrected chi connectivity index (χ4v) is 3.32. The van der Waals surface area contributed by atoms with E-state index in [4.69, 9.17) is 4.74 Å². The third kappa shape index (κ3) is 4.35. The molecule has 1 unspecified atom stereocenters. The molecule has 4 rings (SSSR count). The van der Waals surface area contributed by atoms with Gasteiger partial charge in [-0.3, -0.25) is 9.48 Å². The van der Waals surface area contributed by atoms with Crippen molar-refractivity contribution in [2.24, 2.45) is 0 Å². The van der Waals surface area contributed by atoms with E-state index in [1.165, 1.54) is 12.1 Å². The van der Waals surface area contributed by atoms with Crippen LogP contribution in [0.25, 0.3) is 22.4 Å². The van der Waals surface area contributed by atoms with E-state index in [-0.39, 0.29) is 23.5 Å². The smallest absolute Gasteiger partial charge is 0.259 e. The Kier molecular flexibility index (Phi) is 5.95. The number of hydrogen-bond donors (Lipinski definition) is 1. The second-order valence-corrected chi connectivity index (χ2v) is 7.81. The van der Waals surface area contributed by atoms with Gasteiger partial charge in [0.2, 0.25) is 0 Å². The molecule has 0 bridgehead atoms. The third-order valence-electron chi connectivity index (χ3n) is 5.08. The summed E-state index contributed by atoms with van der Waals surface area (Å²) in [5, 5.41) is 15.8. The Morgan fingerprint density at radius 3 is 2.81 bits per heavy atom. The highest BCUT2D eigenvalue weighted by Crippen LogP contribution is 2.22. The average Bonchev–Trinajstić information content (AvgIpc) is 3.39. The maximum absolute atomic E-state index is 14.7. The monoisotopic (exact) mass is 437 g/mol. The van der Waals surface area contributed by atoms with Crippen molar-refractivity contribution in [2.75, 3.05) is 12.4 Å². The lowest BCUT2D eigenvalue weighted by atomic mass is 10.1. The van der Waals surface area contributed by atoms with Crippen molar-refractivity contribution >= 4 is 22.6 Å². The molecule has 0 saturated heterocycles. The zero-order chi connectivity index (χ0) is 22.8. The second kappa shape index (κ2) is 8.83. The lowest BCUT2D eigenvalue weighted by Gasteiger charge is -2.11. The molecule has 3 aromatic heterocycles. The molecular weight excluding hydrogens is 413 g/mol. The summed E-state index contributed by atoms with van der Waals surface area (Å²) in [4.78, 5) is 17.3. The predicted octanol–water partition coefficient (Wildman–Crippen LogP) is 3.70. The molecule has 0 saturated carbocycles. The van der Waals surface area contributed by atoms with Gasteiger partial charge in [0.15, 0.2) is 5.82 Å². The molecule has 3 heterocycles. The van der Waals surface area contributed by atoms with Gasteiger partial charge in [-0.05, 0) is 45.0 Å². The number of nitrogens with zero attached hydrogens (tertiary/aromatic N) is 6. The summed E-state index contributed by atoms with van der Waals surface area (Å²) in [7, 11) is 1.62. The first kappa shape index (κ1) is 21.6. The summed E-state index contributed by atoms with van der Waals surface area (Å²) in [5.74, 6) is -0.381. The van der Waals surface area contributed by atoms with Gasteiger partial charge in [0.25, 0.3) is 5.91 Å². The van der Waals surface area contributed by atoms with Gasteiger partial charge in [0, 0.05) is 24.7 Å². The van der Waals surface area contributed by atoms with Crippen molar-refractivity contribution in [3.05, 3.63) is 54.2 Å². The van der Waals surface area contributed by atoms with E-state index in [1.807, 2.05) is 25.3 Å². The van der Waals surface area contributed by atoms with Crippen LogP contribution in [0.15, 0.2) is 42.9 Å². The van der Waals surface area contributed by atoms with Crippen molar-refractivity contribution in [2.45, 2.75) is 39.5 Å². The largest absolute Gasteiger partial charge is 0.380 e. The number of hydrogen-bond acceptors (Lipinski definition) is 6. The number of aromatic nitrogens is 6. The number of carbonyl (C=O) groups is 1. The molecule has 10 heteroatoms. The number of nitrogens with one attached hydrogen (secondary N) is 1. The molecule has 0 fully saturated rings. The van der Waals surface area contributed by atoms with E-state index in [9.17, 15) is 9.18 Å². The van der Waals surface area contributed by atoms with Crippen molar-refractivity contribution < 1.29 is 13.9 Å². The van der Waals surface area contributed by atoms with Crippen LogP contribution in [-0.4, -0.2) is 48.6 Å². The number of methoxy groups -OCH3 is 1. The fourth-order valence-electron chi connectivity index (χ4n) is 3.32. The van der Waals surface area contributed by atoms with Gasteiger partial charge in [-0.2, -0.15) is 5.10 Å². The number of benzene rings is 1. The molecule has 0 aliphatic heterocycles. The molecule has 4 aromatic rings. The molecule has 1 atom stereocenters. The lowest BCUT2D eigenvalue weighted by Crippen LogP contribution is -2.15. The standard InChI is InChI=1S/C22H24FN7O2/c1-13(2)30-12-24-27-21(30)18-6-5-7-20(25-18)26-22(31)16-9-19-15(8-17(16)23)11-29(28-19)10-14(3)32-4/h5-9,11-14H,10H2,1-4H3,(H,25,26,31). The summed E-state index contributed by atoms with van der Waals surface area (Å²) in [5.41, 5.74) is 0.961. The SMILES string of the molecule is COC(C)Cn1cc2cc(F)c(C(=O)Nc3cccc(-c4nncn4C(C)C)n3)cc2n1. The van der Waals surface area contributed by atoms with Crippen molar-refractivity contribution in [3.8, 4) is 11.5 Å². The van der Waals surface area contributed by atoms with Crippen LogP contribution in [0, 0.1) is 5.82 Å². The van der Waals surface area contributed by atoms with E-state index >= 15 is 0 Å². The zero-order valence-electron chi connectivity index (χ0n) is 18.3. The molecular formula is C22H24FN7O2. The predicted molar refractivity (Wildman–Crippen MR) is 118 cm³/mol. The number of pyridine rings is 1. The Hall–Kier alpha value is -3.66. The van der Waals surface area contributed by atoms with Crippen LogP contribution >= 0.6 is 0 Å². The Morgan fingerprint density at radius 2 is 2.06 bits per heavy atom. The molecule has 166 valence electrons. The number of halogens is 1. The summed E-state index contributed by atoms with van der Waals surface area (Å²) < 4.78 is 23.5. The van der Waals surface area contributed by atoms with E-state index in [1.54, 1.807) is 42.5 Å². The maximum Gasteiger partial charge on any atom is 0.259 e. The first-order valence-corrected chi connectivity index (χ1v) is 10.2. The second-order valence-electron chi connectivity index (χ2n) is 7.81. The van der Waals surface area contributed by atoms with E-state index in [0.29, 0.717) is 29.0 Å². The van der Waals surface area contributed by atoms with Crippen molar-refractivity contribution in [1.29, 1.82) is 0 Å². The Labute approximate surface area is 184 Å². The fraction of sp³-hybridized carbons (Fsp3) is 0.318. The number of amides is 1. The van der Waals surface area contributed by atoms with Gasteiger partial charge in [-0.1, -0.05) is 6.07 Å². The van der Waals surface area contributed by atoms with Crippen LogP contribution in [0.1, 0.15) is 37.2 Å². The molecule has 1 N–H and O–H groups in total. The number of fused-ring (bicyclic) bond motifs is 1. The minimum atomic E-state index is -0.634. The van der Waals surface area contributed by atoms with Crippen LogP contribution in [-0.2, 0) is 11.3 Å². The van der Waals surface area contributed by atoms with Crippen LogP contribution in [0.5, 0.6) is 0 Å². The van der Waals surface area contributed by atoms with Gasteiger partial charge >= 0.3 is 0 Å². The Balaban J connectivity index is 1.58. The third-order valence-corrected chi connectivity index (χ3v) is 5.08. The van der Waals surface area contributed by atoms with Crippen LogP contribution < -0.4 is 5.32 Å². The Bertz CT molecular complexity index is 1260. The highest BCUT2D eigenvalue weighted by atomic mass is 19.1. The van der Waals surface area contributed by atoms with Gasteiger partial charge in [0.05, 0.1) is 23.7 Å². The first-order chi connectivity index (χ1) is 15.4. The topological polar surface area (TPSA) is 99.8 Å². The van der Waals surface area contributed by atoms with Crippen molar-refractivity contribution in [1.82, 2.24) is 29.5 Å². The number of anilines is 1. The number of rotatable bonds is 7. The normalized spacial score (nSPS) is 12.4. The van der Waals surface area contributed by atoms with E-state index in [2.05, 4.69) is 25.6 Å². The molecule has 1 aromatic carbocycles. The minimum Gasteiger partial charge on any atom is -0.380 e. The highest BCUT2D eigenvalue weighted by molar-refractivity contribution is 6.06. The van der Waals surface area contributed by atoms with E-state index in [0.717, 1.165) is 0 Å². The molecule has 9 nitrogen and oxygen atoms in total. The van der Waals surface area contributed by atoms with Crippen LogP contribution in [0.2, 0.25) is 0 Å². The molecule has 1 amide bonds. The van der Waals surface area contributed by atoms with E-state index < -0.39 is 11.7 Å². The average molecular weight is 437 g/mol. The first-order valence-electron chi connectivity index (χ1n) is 10.2. The maximum atomic E-state index is 14.7. The molecule has 0 spiro atoms. The summed E-state index contributed by atoms with van der Waals surface area (Å²) >= 11 is 0. The zero-order valence-corrected chi connectivity index (χ0v) is 18.3. The lowest BCUT2D eigenvalue weighted by molar-refractivity contribution is 0.0999. The van der Waals surface area contributed by atoms with Gasteiger partial charge < -0.3 is 14.6 Å². The molecule has 0 aliphatic rings. The number of carbonyl (C=O) groups excluding carboxylic acids is 1. The van der Waals surface area contributed by atoms with Crippen molar-refractivity contribution in [3.63, 3.8) is 0 Å². The summed E-state index contributed by atoms with van der Waals surface area (Å²) in [6, 6.07) is 8.05. The molecule has 32 heavy (non-hydrogen) atoms. The number of ether oxygens (including phenoxy) is 1. The van der Waals surface area contributed by atoms with Gasteiger partial charge in [-0.25, -0.2) is 9.37 Å². The molecule has 0 aliphatic carbocycles. The van der Waals surface area contributed by atoms with Crippen LogP contribution in [0.4, 0.5) is 10.2 Å². The van der Waals surface area contributed by atoms with Gasteiger partial charge in [0.1, 0.15) is 23.7 Å². The Morgan fingerprint density at radius 1 is 1.25 bits per heavy atom. The molecule has 0 radical (unpaired) electrons. The highest BCUT2D eigenvalue weighted by Gasteiger charge is 2.17. The van der Waals surface area contributed by atoms with Gasteiger partial charge in [-0.15, -0.1) is 10.2 Å². The summed E-state index contributed by atoms with van der Waals surface area (Å²) in [6.45, 7) is 6.45. The summed E-state index contributed by atoms with van der Waals surface area (Å²) in [6.07, 6.45) is 3.31. The van der Waals surface area contributed by atoms with Crippen LogP contribution in [0.3, 0.4) is 0 Å². The quantitative estimate of drug-likeness (QED) is 0.473.